The number of anilines is 2. The highest BCUT2D eigenvalue weighted by atomic mass is 32.2. The largest absolute Gasteiger partial charge is 0.497 e. The lowest BCUT2D eigenvalue weighted by Gasteiger charge is -2.24. The van der Waals surface area contributed by atoms with Gasteiger partial charge in [-0.05, 0) is 49.4 Å². The van der Waals surface area contributed by atoms with Crippen LogP contribution in [0.2, 0.25) is 0 Å². The second-order valence-electron chi connectivity index (χ2n) is 7.53. The van der Waals surface area contributed by atoms with E-state index in [9.17, 15) is 23.3 Å². The van der Waals surface area contributed by atoms with E-state index in [0.717, 1.165) is 10.4 Å². The second-order valence-corrected chi connectivity index (χ2v) is 9.40. The second kappa shape index (κ2) is 11.0. The topological polar surface area (TPSA) is 137 Å². The molecule has 12 heteroatoms. The summed E-state index contributed by atoms with van der Waals surface area (Å²) in [5.41, 5.74) is 0.485. The number of benzene rings is 3. The normalized spacial score (nSPS) is 10.9. The Morgan fingerprint density at radius 3 is 2.19 bits per heavy atom. The summed E-state index contributed by atoms with van der Waals surface area (Å²) in [5, 5.41) is 14.0. The fourth-order valence-corrected chi connectivity index (χ4v) is 4.82. The molecule has 3 rings (SSSR count). The summed E-state index contributed by atoms with van der Waals surface area (Å²) in [6.45, 7) is 0.900. The van der Waals surface area contributed by atoms with Gasteiger partial charge in [-0.3, -0.25) is 19.2 Å². The molecule has 0 heterocycles. The van der Waals surface area contributed by atoms with Gasteiger partial charge in [0, 0.05) is 23.4 Å². The van der Waals surface area contributed by atoms with Crippen LogP contribution in [0.25, 0.3) is 0 Å². The summed E-state index contributed by atoms with van der Waals surface area (Å²) in [4.78, 5) is 23.4. The van der Waals surface area contributed by atoms with Crippen molar-refractivity contribution in [1.29, 1.82) is 0 Å². The molecule has 36 heavy (non-hydrogen) atoms. The highest BCUT2D eigenvalue weighted by molar-refractivity contribution is 7.92. The van der Waals surface area contributed by atoms with Crippen molar-refractivity contribution >= 4 is 33.0 Å². The number of hydrogen-bond donors (Lipinski definition) is 1. The quantitative estimate of drug-likeness (QED) is 0.318. The Morgan fingerprint density at radius 1 is 0.944 bits per heavy atom. The number of aryl methyl sites for hydroxylation is 1. The minimum atomic E-state index is -4.37. The smallest absolute Gasteiger partial charge is 0.273 e. The third-order valence-electron chi connectivity index (χ3n) is 5.28. The monoisotopic (exact) mass is 515 g/mol. The Morgan fingerprint density at radius 2 is 1.61 bits per heavy atom. The first kappa shape index (κ1) is 26.3. The zero-order valence-electron chi connectivity index (χ0n) is 20.0. The molecule has 11 nitrogen and oxygen atoms in total. The summed E-state index contributed by atoms with van der Waals surface area (Å²) in [7, 11) is 0.0110. The standard InChI is InChI=1S/C24H25N3O8S/c1-16-5-11-20(14-21(16)27(29)30)36(31,32)26(18-7-9-19(33-2)10-8-18)15-24(28)25-17-6-12-22(34-3)23(13-17)35-4/h5-14H,15H2,1-4H3,(H,25,28). The number of nitrogens with zero attached hydrogens (tertiary/aromatic N) is 2. The molecule has 0 aromatic heterocycles. The molecule has 3 aromatic rings. The molecule has 0 aliphatic carbocycles. The van der Waals surface area contributed by atoms with Gasteiger partial charge in [-0.1, -0.05) is 6.07 Å². The van der Waals surface area contributed by atoms with Crippen LogP contribution in [-0.4, -0.2) is 47.1 Å². The number of carbonyl (C=O) groups excluding carboxylic acids is 1. The fraction of sp³-hybridized carbons (Fsp3) is 0.208. The first-order valence-corrected chi connectivity index (χ1v) is 12.0. The van der Waals surface area contributed by atoms with Gasteiger partial charge < -0.3 is 19.5 Å². The Kier molecular flexibility index (Phi) is 8.00. The number of amides is 1. The SMILES string of the molecule is COc1ccc(N(CC(=O)Nc2ccc(OC)c(OC)c2)S(=O)(=O)c2ccc(C)c([N+](=O)[O-])c2)cc1. The maximum Gasteiger partial charge on any atom is 0.273 e. The van der Waals surface area contributed by atoms with Gasteiger partial charge in [0.15, 0.2) is 11.5 Å². The maximum atomic E-state index is 13.6. The van der Waals surface area contributed by atoms with Gasteiger partial charge in [0.1, 0.15) is 12.3 Å². The van der Waals surface area contributed by atoms with Crippen molar-refractivity contribution < 1.29 is 32.3 Å². The lowest BCUT2D eigenvalue weighted by Crippen LogP contribution is -2.38. The van der Waals surface area contributed by atoms with Crippen molar-refractivity contribution in [3.63, 3.8) is 0 Å². The predicted molar refractivity (Wildman–Crippen MR) is 134 cm³/mol. The van der Waals surface area contributed by atoms with E-state index in [1.165, 1.54) is 58.6 Å². The number of sulfonamides is 1. The molecule has 1 amide bonds. The van der Waals surface area contributed by atoms with Crippen molar-refractivity contribution in [2.45, 2.75) is 11.8 Å². The Labute approximate surface area is 208 Å². The zero-order chi connectivity index (χ0) is 26.5. The molecule has 0 aliphatic rings. The fourth-order valence-electron chi connectivity index (χ4n) is 3.38. The highest BCUT2D eigenvalue weighted by Gasteiger charge is 2.29. The number of nitro groups is 1. The molecule has 0 bridgehead atoms. The van der Waals surface area contributed by atoms with Crippen molar-refractivity contribution in [3.8, 4) is 17.2 Å². The summed E-state index contributed by atoms with van der Waals surface area (Å²) < 4.78 is 43.6. The van der Waals surface area contributed by atoms with E-state index in [1.807, 2.05) is 0 Å². The maximum absolute atomic E-state index is 13.6. The van der Waals surface area contributed by atoms with E-state index in [1.54, 1.807) is 24.3 Å². The summed E-state index contributed by atoms with van der Waals surface area (Å²) in [5.74, 6) is 0.667. The number of rotatable bonds is 10. The van der Waals surface area contributed by atoms with Crippen LogP contribution in [0.5, 0.6) is 17.2 Å². The van der Waals surface area contributed by atoms with E-state index in [0.29, 0.717) is 28.5 Å². The first-order valence-electron chi connectivity index (χ1n) is 10.5. The van der Waals surface area contributed by atoms with Crippen LogP contribution in [-0.2, 0) is 14.8 Å². The van der Waals surface area contributed by atoms with Crippen LogP contribution in [0.3, 0.4) is 0 Å². The summed E-state index contributed by atoms with van der Waals surface area (Å²) in [6, 6.07) is 14.3. The van der Waals surface area contributed by atoms with Crippen molar-refractivity contribution in [1.82, 2.24) is 0 Å². The number of nitro benzene ring substituents is 1. The molecule has 0 radical (unpaired) electrons. The molecule has 0 spiro atoms. The van der Waals surface area contributed by atoms with Gasteiger partial charge in [0.25, 0.3) is 15.7 Å². The van der Waals surface area contributed by atoms with E-state index in [4.69, 9.17) is 14.2 Å². The summed E-state index contributed by atoms with van der Waals surface area (Å²) in [6.07, 6.45) is 0. The van der Waals surface area contributed by atoms with Gasteiger partial charge >= 0.3 is 0 Å². The third-order valence-corrected chi connectivity index (χ3v) is 7.05. The van der Waals surface area contributed by atoms with Crippen LogP contribution >= 0.6 is 0 Å². The van der Waals surface area contributed by atoms with E-state index in [2.05, 4.69) is 5.32 Å². The van der Waals surface area contributed by atoms with Gasteiger partial charge in [-0.2, -0.15) is 0 Å². The summed E-state index contributed by atoms with van der Waals surface area (Å²) >= 11 is 0. The van der Waals surface area contributed by atoms with Crippen LogP contribution in [0.1, 0.15) is 5.56 Å². The number of carbonyl (C=O) groups is 1. The molecule has 190 valence electrons. The highest BCUT2D eigenvalue weighted by Crippen LogP contribution is 2.31. The van der Waals surface area contributed by atoms with Gasteiger partial charge in [-0.15, -0.1) is 0 Å². The lowest BCUT2D eigenvalue weighted by atomic mass is 10.2. The molecule has 0 saturated carbocycles. The van der Waals surface area contributed by atoms with Crippen LogP contribution in [0.4, 0.5) is 17.1 Å². The number of methoxy groups -OCH3 is 3. The minimum Gasteiger partial charge on any atom is -0.497 e. The minimum absolute atomic E-state index is 0.168. The van der Waals surface area contributed by atoms with Crippen LogP contribution < -0.4 is 23.8 Å². The molecule has 3 aromatic carbocycles. The van der Waals surface area contributed by atoms with Gasteiger partial charge in [0.2, 0.25) is 5.91 Å². The molecule has 0 unspecified atom stereocenters. The first-order chi connectivity index (χ1) is 17.1. The lowest BCUT2D eigenvalue weighted by molar-refractivity contribution is -0.385. The van der Waals surface area contributed by atoms with E-state index < -0.39 is 27.4 Å². The van der Waals surface area contributed by atoms with Gasteiger partial charge in [0.05, 0.1) is 36.8 Å². The Balaban J connectivity index is 1.99. The Bertz CT molecular complexity index is 1370. The van der Waals surface area contributed by atoms with Gasteiger partial charge in [-0.25, -0.2) is 8.42 Å². The predicted octanol–water partition coefficient (Wildman–Crippen LogP) is 3.76. The van der Waals surface area contributed by atoms with Crippen molar-refractivity contribution in [2.75, 3.05) is 37.5 Å². The van der Waals surface area contributed by atoms with Crippen LogP contribution in [0, 0.1) is 17.0 Å². The zero-order valence-corrected chi connectivity index (χ0v) is 20.9. The molecule has 0 saturated heterocycles. The Hall–Kier alpha value is -4.32. The number of ether oxygens (including phenoxy) is 3. The number of nitrogens with one attached hydrogen (secondary N) is 1. The number of hydrogen-bond acceptors (Lipinski definition) is 8. The van der Waals surface area contributed by atoms with E-state index >= 15 is 0 Å². The average Bonchev–Trinajstić information content (AvgIpc) is 2.87. The van der Waals surface area contributed by atoms with Crippen LogP contribution in [0.15, 0.2) is 65.6 Å². The third kappa shape index (κ3) is 5.66. The van der Waals surface area contributed by atoms with Crippen molar-refractivity contribution in [3.05, 3.63) is 76.3 Å². The molecular weight excluding hydrogens is 490 g/mol. The molecule has 0 fully saturated rings. The molecular formula is C24H25N3O8S. The molecule has 1 N–H and O–H groups in total. The van der Waals surface area contributed by atoms with E-state index in [-0.39, 0.29) is 16.3 Å². The molecule has 0 atom stereocenters. The van der Waals surface area contributed by atoms with Crippen molar-refractivity contribution in [2.24, 2.45) is 0 Å². The average molecular weight is 516 g/mol. The molecule has 0 aliphatic heterocycles.